The van der Waals surface area contributed by atoms with E-state index < -0.39 is 12.3 Å². The molecule has 3 N–H and O–H groups in total. The topological polar surface area (TPSA) is 132 Å². The number of ether oxygens (including phenoxy) is 4. The fourth-order valence-corrected chi connectivity index (χ4v) is 4.79. The van der Waals surface area contributed by atoms with Gasteiger partial charge < -0.3 is 34.3 Å². The van der Waals surface area contributed by atoms with E-state index in [4.69, 9.17) is 29.5 Å². The maximum atomic E-state index is 11.3. The maximum Gasteiger partial charge on any atom is 0.330 e. The average molecular weight is 459 g/mol. The van der Waals surface area contributed by atoms with Crippen LogP contribution in [0.4, 0.5) is 0 Å². The fourth-order valence-electron chi connectivity index (χ4n) is 4.79. The third kappa shape index (κ3) is 10.7. The predicted molar refractivity (Wildman–Crippen MR) is 117 cm³/mol. The fraction of sp³-hybridized carbons (Fsp3) is 0.739. The van der Waals surface area contributed by atoms with E-state index in [1.165, 1.54) is 45.3 Å². The molecule has 0 spiro atoms. The first-order valence-corrected chi connectivity index (χ1v) is 11.0. The van der Waals surface area contributed by atoms with Crippen LogP contribution in [0.5, 0.6) is 0 Å². The Hall–Kier alpha value is -1.78. The molecule has 4 aliphatic carbocycles. The van der Waals surface area contributed by atoms with Crippen molar-refractivity contribution in [3.63, 3.8) is 0 Å². The van der Waals surface area contributed by atoms with Crippen LogP contribution < -0.4 is 0 Å². The molecule has 4 bridgehead atoms. The van der Waals surface area contributed by atoms with E-state index in [1.54, 1.807) is 0 Å². The van der Waals surface area contributed by atoms with E-state index in [9.17, 15) is 9.59 Å². The summed E-state index contributed by atoms with van der Waals surface area (Å²) in [7, 11) is 1.40. The van der Waals surface area contributed by atoms with E-state index in [0.717, 1.165) is 17.9 Å². The molecule has 0 aromatic heterocycles. The SMILES string of the molecule is C=CC(=O)O.C=CC(=O)OC1C2CC3CC(C2)CC1C3.COC(O)COCCOCCO. The van der Waals surface area contributed by atoms with Crippen molar-refractivity contribution in [3.8, 4) is 0 Å². The first-order chi connectivity index (χ1) is 15.3. The molecule has 4 rings (SSSR count). The van der Waals surface area contributed by atoms with Crippen molar-refractivity contribution in [2.24, 2.45) is 23.7 Å². The van der Waals surface area contributed by atoms with Crippen molar-refractivity contribution in [1.29, 1.82) is 0 Å². The van der Waals surface area contributed by atoms with E-state index >= 15 is 0 Å². The minimum atomic E-state index is -0.981. The summed E-state index contributed by atoms with van der Waals surface area (Å²) in [4.78, 5) is 20.5. The number of carbonyl (C=O) groups excluding carboxylic acids is 1. The predicted octanol–water partition coefficient (Wildman–Crippen LogP) is 1.77. The first-order valence-electron chi connectivity index (χ1n) is 11.0. The van der Waals surface area contributed by atoms with Gasteiger partial charge in [0.2, 0.25) is 0 Å². The molecule has 0 radical (unpaired) electrons. The van der Waals surface area contributed by atoms with Gasteiger partial charge in [-0.25, -0.2) is 9.59 Å². The van der Waals surface area contributed by atoms with Crippen LogP contribution in [0.1, 0.15) is 32.1 Å². The Bertz CT molecular complexity index is 550. The average Bonchev–Trinajstić information content (AvgIpc) is 2.78. The van der Waals surface area contributed by atoms with Gasteiger partial charge in [0.15, 0.2) is 6.29 Å². The third-order valence-corrected chi connectivity index (χ3v) is 5.87. The highest BCUT2D eigenvalue weighted by atomic mass is 16.6. The van der Waals surface area contributed by atoms with E-state index in [2.05, 4.69) is 17.9 Å². The zero-order valence-corrected chi connectivity index (χ0v) is 18.9. The molecule has 4 saturated carbocycles. The number of rotatable bonds is 11. The number of aliphatic hydroxyl groups is 2. The lowest BCUT2D eigenvalue weighted by Crippen LogP contribution is -2.49. The Morgan fingerprint density at radius 2 is 1.50 bits per heavy atom. The molecule has 1 unspecified atom stereocenters. The number of carboxylic acids is 1. The second-order valence-corrected chi connectivity index (χ2v) is 8.18. The number of carboxylic acid groups (broad SMARTS) is 1. The molecule has 0 aliphatic heterocycles. The van der Waals surface area contributed by atoms with E-state index in [0.29, 0.717) is 31.7 Å². The number of aliphatic carboxylic acids is 1. The molecule has 0 heterocycles. The van der Waals surface area contributed by atoms with Crippen LogP contribution in [0.2, 0.25) is 0 Å². The monoisotopic (exact) mass is 458 g/mol. The zero-order valence-electron chi connectivity index (χ0n) is 18.9. The summed E-state index contributed by atoms with van der Waals surface area (Å²) < 4.78 is 19.9. The van der Waals surface area contributed by atoms with Gasteiger partial charge in [0.25, 0.3) is 0 Å². The van der Waals surface area contributed by atoms with Gasteiger partial charge in [0.05, 0.1) is 33.0 Å². The number of esters is 1. The van der Waals surface area contributed by atoms with Crippen LogP contribution >= 0.6 is 0 Å². The van der Waals surface area contributed by atoms with Crippen molar-refractivity contribution >= 4 is 11.9 Å². The minimum absolute atomic E-state index is 0.0146. The highest BCUT2D eigenvalue weighted by Crippen LogP contribution is 2.54. The van der Waals surface area contributed by atoms with Crippen LogP contribution in [0, 0.1) is 23.7 Å². The lowest BCUT2D eigenvalue weighted by molar-refractivity contribution is -0.165. The minimum Gasteiger partial charge on any atom is -0.478 e. The number of hydrogen-bond acceptors (Lipinski definition) is 8. The molecule has 184 valence electrons. The van der Waals surface area contributed by atoms with Gasteiger partial charge in [-0.1, -0.05) is 13.2 Å². The number of aliphatic hydroxyl groups excluding tert-OH is 2. The molecular weight excluding hydrogens is 420 g/mol. The molecule has 0 saturated heterocycles. The van der Waals surface area contributed by atoms with Crippen LogP contribution in [0.25, 0.3) is 0 Å². The van der Waals surface area contributed by atoms with Gasteiger partial charge in [-0.3, -0.25) is 0 Å². The number of hydrogen-bond donors (Lipinski definition) is 3. The van der Waals surface area contributed by atoms with Crippen molar-refractivity contribution in [1.82, 2.24) is 0 Å². The zero-order chi connectivity index (χ0) is 23.9. The summed E-state index contributed by atoms with van der Waals surface area (Å²) in [5.41, 5.74) is 0. The summed E-state index contributed by atoms with van der Waals surface area (Å²) in [6.07, 6.45) is 8.08. The molecule has 32 heavy (non-hydrogen) atoms. The van der Waals surface area contributed by atoms with Crippen molar-refractivity contribution in [2.45, 2.75) is 44.5 Å². The van der Waals surface area contributed by atoms with Crippen LogP contribution in [0.15, 0.2) is 25.3 Å². The molecule has 4 fully saturated rings. The van der Waals surface area contributed by atoms with Crippen LogP contribution in [-0.4, -0.2) is 79.8 Å². The Labute approximate surface area is 190 Å². The molecule has 1 atom stereocenters. The third-order valence-electron chi connectivity index (χ3n) is 5.87. The normalized spacial score (nSPS) is 27.8. The van der Waals surface area contributed by atoms with E-state index in [-0.39, 0.29) is 25.3 Å². The smallest absolute Gasteiger partial charge is 0.330 e. The second kappa shape index (κ2) is 15.9. The van der Waals surface area contributed by atoms with Gasteiger partial charge in [0.1, 0.15) is 6.10 Å². The molecule has 0 amide bonds. The maximum absolute atomic E-state index is 11.3. The largest absolute Gasteiger partial charge is 0.478 e. The van der Waals surface area contributed by atoms with E-state index in [1.807, 2.05) is 0 Å². The van der Waals surface area contributed by atoms with Crippen LogP contribution in [-0.2, 0) is 28.5 Å². The lowest BCUT2D eigenvalue weighted by atomic mass is 9.55. The standard InChI is InChI=1S/C13H18O2.C7H16O5.C3H4O2/c1-2-12(14)15-13-10-4-8-3-9(6-10)7-11(13)5-8;1-10-7(9)6-12-5-4-11-3-2-8;1-2-3(4)5/h2,8-11,13H,1,3-7H2;7-9H,2-6H2,1H3;2H,1H2,(H,4,5). The molecule has 9 nitrogen and oxygen atoms in total. The van der Waals surface area contributed by atoms with Gasteiger partial charge in [-0.15, -0.1) is 0 Å². The van der Waals surface area contributed by atoms with Crippen LogP contribution in [0.3, 0.4) is 0 Å². The summed E-state index contributed by atoms with van der Waals surface area (Å²) in [6.45, 7) is 7.70. The van der Waals surface area contributed by atoms with Gasteiger partial charge in [0, 0.05) is 19.3 Å². The Morgan fingerprint density at radius 1 is 0.969 bits per heavy atom. The summed E-state index contributed by atoms with van der Waals surface area (Å²) in [5.74, 6) is 1.98. The Morgan fingerprint density at radius 3 is 1.94 bits per heavy atom. The number of methoxy groups -OCH3 is 1. The molecule has 9 heteroatoms. The van der Waals surface area contributed by atoms with Crippen molar-refractivity contribution < 1.29 is 43.9 Å². The van der Waals surface area contributed by atoms with Crippen molar-refractivity contribution in [2.75, 3.05) is 40.1 Å². The quantitative estimate of drug-likeness (QED) is 0.183. The highest BCUT2D eigenvalue weighted by Gasteiger charge is 2.49. The van der Waals surface area contributed by atoms with Gasteiger partial charge in [-0.2, -0.15) is 0 Å². The molecule has 4 aliphatic rings. The first kappa shape index (κ1) is 28.3. The summed E-state index contributed by atoms with van der Waals surface area (Å²) >= 11 is 0. The van der Waals surface area contributed by atoms with Crippen molar-refractivity contribution in [3.05, 3.63) is 25.3 Å². The summed E-state index contributed by atoms with van der Waals surface area (Å²) in [5, 5.41) is 24.8. The lowest BCUT2D eigenvalue weighted by Gasteiger charge is -2.53. The van der Waals surface area contributed by atoms with Gasteiger partial charge >= 0.3 is 11.9 Å². The Kier molecular flexibility index (Phi) is 14.1. The molecular formula is C23H38O9. The highest BCUT2D eigenvalue weighted by molar-refractivity contribution is 5.81. The van der Waals surface area contributed by atoms with Gasteiger partial charge in [-0.05, 0) is 55.8 Å². The number of carbonyl (C=O) groups is 2. The molecule has 0 aromatic carbocycles. The molecule has 0 aromatic rings. The Balaban J connectivity index is 0.000000272. The summed E-state index contributed by atoms with van der Waals surface area (Å²) in [6, 6.07) is 0. The second-order valence-electron chi connectivity index (χ2n) is 8.18.